The van der Waals surface area contributed by atoms with Crippen molar-refractivity contribution >= 4 is 28.7 Å². The second-order valence-electron chi connectivity index (χ2n) is 6.40. The average molecular weight is 382 g/mol. The van der Waals surface area contributed by atoms with Crippen molar-refractivity contribution in [1.29, 1.82) is 0 Å². The zero-order valence-electron chi connectivity index (χ0n) is 15.4. The lowest BCUT2D eigenvalue weighted by Gasteiger charge is -2.33. The van der Waals surface area contributed by atoms with Crippen LogP contribution in [0.25, 0.3) is 10.7 Å². The Bertz CT molecular complexity index is 876. The first-order valence-corrected chi connectivity index (χ1v) is 9.72. The molecular weight excluding hydrogens is 360 g/mol. The van der Waals surface area contributed by atoms with Crippen LogP contribution in [0.4, 0.5) is 17.3 Å². The van der Waals surface area contributed by atoms with Crippen LogP contribution >= 0.6 is 11.3 Å². The fraction of sp³-hybridized carbons (Fsp3) is 0.316. The second kappa shape index (κ2) is 7.89. The number of hydrogen-bond donors (Lipinski definition) is 1. The smallest absolute Gasteiger partial charge is 0.175 e. The standard InChI is InChI=1S/C19H22N6OS/c1-24-8-10-25(11-9-24)14-3-6-17(21-13-14)23-18-16(26-2)5-4-15(22-18)19-20-7-12-27-19/h3-7,12-13H,8-11H2,1-2H3,(H,21,22,23). The van der Waals surface area contributed by atoms with Crippen molar-refractivity contribution in [2.45, 2.75) is 0 Å². The summed E-state index contributed by atoms with van der Waals surface area (Å²) in [5.41, 5.74) is 1.95. The van der Waals surface area contributed by atoms with E-state index in [2.05, 4.69) is 43.2 Å². The first kappa shape index (κ1) is 17.7. The zero-order chi connectivity index (χ0) is 18.6. The number of rotatable bonds is 5. The molecule has 8 heteroatoms. The number of hydrogen-bond acceptors (Lipinski definition) is 8. The van der Waals surface area contributed by atoms with E-state index in [1.54, 1.807) is 24.6 Å². The highest BCUT2D eigenvalue weighted by atomic mass is 32.1. The minimum absolute atomic E-state index is 0.630. The van der Waals surface area contributed by atoms with E-state index >= 15 is 0 Å². The number of anilines is 3. The molecule has 27 heavy (non-hydrogen) atoms. The first-order valence-electron chi connectivity index (χ1n) is 8.84. The quantitative estimate of drug-likeness (QED) is 0.727. The van der Waals surface area contributed by atoms with Gasteiger partial charge in [-0.05, 0) is 31.3 Å². The highest BCUT2D eigenvalue weighted by Crippen LogP contribution is 2.30. The van der Waals surface area contributed by atoms with Crippen LogP contribution in [-0.4, -0.2) is 60.2 Å². The lowest BCUT2D eigenvalue weighted by atomic mass is 10.3. The molecule has 4 rings (SSSR count). The van der Waals surface area contributed by atoms with Crippen molar-refractivity contribution in [3.63, 3.8) is 0 Å². The maximum absolute atomic E-state index is 5.44. The number of nitrogens with one attached hydrogen (secondary N) is 1. The van der Waals surface area contributed by atoms with Gasteiger partial charge in [0.25, 0.3) is 0 Å². The van der Waals surface area contributed by atoms with Gasteiger partial charge in [0.1, 0.15) is 16.5 Å². The molecule has 140 valence electrons. The van der Waals surface area contributed by atoms with E-state index in [0.717, 1.165) is 48.4 Å². The summed E-state index contributed by atoms with van der Waals surface area (Å²) in [6.45, 7) is 4.20. The Morgan fingerprint density at radius 3 is 2.59 bits per heavy atom. The van der Waals surface area contributed by atoms with Crippen LogP contribution in [0.2, 0.25) is 0 Å². The van der Waals surface area contributed by atoms with Gasteiger partial charge in [0.15, 0.2) is 11.6 Å². The van der Waals surface area contributed by atoms with Crippen molar-refractivity contribution in [2.24, 2.45) is 0 Å². The Balaban J connectivity index is 1.52. The Hall–Kier alpha value is -2.71. The highest BCUT2D eigenvalue weighted by Gasteiger charge is 2.15. The molecule has 0 radical (unpaired) electrons. The normalized spacial score (nSPS) is 15.0. The number of methoxy groups -OCH3 is 1. The molecule has 1 saturated heterocycles. The van der Waals surface area contributed by atoms with Gasteiger partial charge >= 0.3 is 0 Å². The summed E-state index contributed by atoms with van der Waals surface area (Å²) in [6.07, 6.45) is 3.68. The van der Waals surface area contributed by atoms with Gasteiger partial charge < -0.3 is 19.9 Å². The van der Waals surface area contributed by atoms with Gasteiger partial charge in [0.05, 0.1) is 19.0 Å². The first-order chi connectivity index (χ1) is 13.2. The summed E-state index contributed by atoms with van der Waals surface area (Å²) in [5.74, 6) is 2.03. The average Bonchev–Trinajstić information content (AvgIpc) is 3.24. The third-order valence-electron chi connectivity index (χ3n) is 4.59. The molecule has 0 unspecified atom stereocenters. The van der Waals surface area contributed by atoms with Crippen LogP contribution in [0.1, 0.15) is 0 Å². The van der Waals surface area contributed by atoms with Crippen LogP contribution in [0.3, 0.4) is 0 Å². The van der Waals surface area contributed by atoms with Crippen LogP contribution in [0.15, 0.2) is 42.0 Å². The summed E-state index contributed by atoms with van der Waals surface area (Å²) in [6, 6.07) is 7.88. The summed E-state index contributed by atoms with van der Waals surface area (Å²) < 4.78 is 5.44. The predicted molar refractivity (Wildman–Crippen MR) is 109 cm³/mol. The van der Waals surface area contributed by atoms with E-state index in [-0.39, 0.29) is 0 Å². The van der Waals surface area contributed by atoms with Crippen LogP contribution in [0.5, 0.6) is 5.75 Å². The van der Waals surface area contributed by atoms with E-state index in [1.807, 2.05) is 29.8 Å². The maximum atomic E-state index is 5.44. The number of piperazine rings is 1. The minimum atomic E-state index is 0.630. The molecule has 0 spiro atoms. The fourth-order valence-electron chi connectivity index (χ4n) is 3.00. The number of nitrogens with zero attached hydrogens (tertiary/aromatic N) is 5. The molecule has 0 aliphatic carbocycles. The molecule has 0 atom stereocenters. The number of aromatic nitrogens is 3. The topological polar surface area (TPSA) is 66.4 Å². The maximum Gasteiger partial charge on any atom is 0.175 e. The zero-order valence-corrected chi connectivity index (χ0v) is 16.2. The molecule has 1 fully saturated rings. The van der Waals surface area contributed by atoms with Gasteiger partial charge in [0, 0.05) is 37.8 Å². The number of thiazole rings is 1. The van der Waals surface area contributed by atoms with Crippen molar-refractivity contribution < 1.29 is 4.74 Å². The molecule has 1 N–H and O–H groups in total. The molecule has 0 aromatic carbocycles. The molecule has 0 bridgehead atoms. The van der Waals surface area contributed by atoms with E-state index in [0.29, 0.717) is 11.6 Å². The second-order valence-corrected chi connectivity index (χ2v) is 7.30. The third kappa shape index (κ3) is 4.01. The molecule has 3 aromatic rings. The largest absolute Gasteiger partial charge is 0.493 e. The molecular formula is C19H22N6OS. The number of likely N-dealkylation sites (N-methyl/N-ethyl adjacent to an activating group) is 1. The molecule has 0 saturated carbocycles. The van der Waals surface area contributed by atoms with Crippen molar-refractivity contribution in [3.05, 3.63) is 42.0 Å². The predicted octanol–water partition coefficient (Wildman–Crippen LogP) is 3.10. The Labute approximate surface area is 162 Å². The van der Waals surface area contributed by atoms with E-state index in [4.69, 9.17) is 4.74 Å². The van der Waals surface area contributed by atoms with Crippen molar-refractivity contribution in [1.82, 2.24) is 19.9 Å². The molecule has 7 nitrogen and oxygen atoms in total. The van der Waals surface area contributed by atoms with Gasteiger partial charge in [-0.25, -0.2) is 15.0 Å². The van der Waals surface area contributed by atoms with Crippen LogP contribution in [-0.2, 0) is 0 Å². The number of ether oxygens (including phenoxy) is 1. The number of pyridine rings is 2. The summed E-state index contributed by atoms with van der Waals surface area (Å²) >= 11 is 1.56. The fourth-order valence-corrected chi connectivity index (χ4v) is 3.61. The molecule has 1 aliphatic heterocycles. The van der Waals surface area contributed by atoms with Gasteiger partial charge in [-0.2, -0.15) is 0 Å². The Kier molecular flexibility index (Phi) is 5.17. The lowest BCUT2D eigenvalue weighted by molar-refractivity contribution is 0.313. The van der Waals surface area contributed by atoms with E-state index in [9.17, 15) is 0 Å². The third-order valence-corrected chi connectivity index (χ3v) is 5.39. The van der Waals surface area contributed by atoms with Crippen LogP contribution < -0.4 is 15.0 Å². The van der Waals surface area contributed by atoms with E-state index < -0.39 is 0 Å². The lowest BCUT2D eigenvalue weighted by Crippen LogP contribution is -2.44. The molecule has 4 heterocycles. The van der Waals surface area contributed by atoms with Crippen LogP contribution in [0, 0.1) is 0 Å². The van der Waals surface area contributed by atoms with Gasteiger partial charge in [-0.3, -0.25) is 0 Å². The van der Waals surface area contributed by atoms with Gasteiger partial charge in [-0.1, -0.05) is 0 Å². The SMILES string of the molecule is COc1ccc(-c2nccs2)nc1Nc1ccc(N2CCN(C)CC2)cn1. The molecule has 3 aromatic heterocycles. The molecule has 0 amide bonds. The Morgan fingerprint density at radius 2 is 1.93 bits per heavy atom. The molecule has 1 aliphatic rings. The summed E-state index contributed by atoms with van der Waals surface area (Å²) in [4.78, 5) is 18.2. The summed E-state index contributed by atoms with van der Waals surface area (Å²) in [5, 5.41) is 6.08. The van der Waals surface area contributed by atoms with E-state index in [1.165, 1.54) is 0 Å². The van der Waals surface area contributed by atoms with Gasteiger partial charge in [-0.15, -0.1) is 11.3 Å². The highest BCUT2D eigenvalue weighted by molar-refractivity contribution is 7.13. The van der Waals surface area contributed by atoms with Crippen molar-refractivity contribution in [3.8, 4) is 16.5 Å². The minimum Gasteiger partial charge on any atom is -0.493 e. The summed E-state index contributed by atoms with van der Waals surface area (Å²) in [7, 11) is 3.79. The van der Waals surface area contributed by atoms with Crippen molar-refractivity contribution in [2.75, 3.05) is 50.6 Å². The van der Waals surface area contributed by atoms with Gasteiger partial charge in [0.2, 0.25) is 0 Å². The Morgan fingerprint density at radius 1 is 1.07 bits per heavy atom. The monoisotopic (exact) mass is 382 g/mol.